The molecule has 1 aromatic carbocycles. The Morgan fingerprint density at radius 1 is 1.53 bits per heavy atom. The van der Waals surface area contributed by atoms with E-state index in [9.17, 15) is 18.7 Å². The Morgan fingerprint density at radius 3 is 2.65 bits per heavy atom. The standard InChI is InChI=1S/C10H7F2NO4/c1-16-9(15)5-2-7(14)6(4-13)8(3-5)17-10(11)12/h2-3,10,14H,1H3. The van der Waals surface area contributed by atoms with Crippen LogP contribution < -0.4 is 4.74 Å². The van der Waals surface area contributed by atoms with Crippen molar-refractivity contribution in [3.05, 3.63) is 23.3 Å². The first kappa shape index (κ1) is 12.7. The first-order valence-corrected chi connectivity index (χ1v) is 4.29. The van der Waals surface area contributed by atoms with Gasteiger partial charge >= 0.3 is 12.6 Å². The first-order chi connectivity index (χ1) is 7.99. The second kappa shape index (κ2) is 5.12. The van der Waals surface area contributed by atoms with Crippen molar-refractivity contribution in [1.82, 2.24) is 0 Å². The summed E-state index contributed by atoms with van der Waals surface area (Å²) < 4.78 is 32.5. The van der Waals surface area contributed by atoms with Gasteiger partial charge in [0.15, 0.2) is 0 Å². The van der Waals surface area contributed by atoms with E-state index in [1.54, 1.807) is 0 Å². The van der Waals surface area contributed by atoms with Crippen LogP contribution in [0.25, 0.3) is 0 Å². The smallest absolute Gasteiger partial charge is 0.387 e. The molecular weight excluding hydrogens is 236 g/mol. The summed E-state index contributed by atoms with van der Waals surface area (Å²) in [6.45, 7) is -3.17. The molecule has 0 saturated carbocycles. The number of rotatable bonds is 3. The molecule has 0 saturated heterocycles. The topological polar surface area (TPSA) is 79.5 Å². The average Bonchev–Trinajstić information content (AvgIpc) is 2.26. The van der Waals surface area contributed by atoms with Crippen molar-refractivity contribution in [1.29, 1.82) is 5.26 Å². The lowest BCUT2D eigenvalue weighted by atomic mass is 10.1. The zero-order valence-corrected chi connectivity index (χ0v) is 8.61. The minimum Gasteiger partial charge on any atom is -0.506 e. The van der Waals surface area contributed by atoms with Crippen LogP contribution in [0.1, 0.15) is 15.9 Å². The van der Waals surface area contributed by atoms with Crippen molar-refractivity contribution in [3.8, 4) is 17.6 Å². The second-order valence-electron chi connectivity index (χ2n) is 2.85. The van der Waals surface area contributed by atoms with E-state index in [1.807, 2.05) is 0 Å². The van der Waals surface area contributed by atoms with Gasteiger partial charge in [-0.1, -0.05) is 0 Å². The van der Waals surface area contributed by atoms with Crippen molar-refractivity contribution < 1.29 is 28.2 Å². The molecule has 0 spiro atoms. The van der Waals surface area contributed by atoms with Crippen LogP contribution in [0.4, 0.5) is 8.78 Å². The Bertz CT molecular complexity index is 482. The molecule has 0 aliphatic carbocycles. The van der Waals surface area contributed by atoms with Gasteiger partial charge in [0.25, 0.3) is 0 Å². The highest BCUT2D eigenvalue weighted by molar-refractivity contribution is 5.91. The molecule has 0 amide bonds. The Labute approximate surface area is 94.8 Å². The van der Waals surface area contributed by atoms with Crippen LogP contribution in [0.2, 0.25) is 0 Å². The lowest BCUT2D eigenvalue weighted by molar-refractivity contribution is -0.0502. The summed E-state index contributed by atoms with van der Waals surface area (Å²) in [4.78, 5) is 11.1. The van der Waals surface area contributed by atoms with Gasteiger partial charge in [-0.3, -0.25) is 0 Å². The third kappa shape index (κ3) is 2.81. The number of hydrogen-bond acceptors (Lipinski definition) is 5. The van der Waals surface area contributed by atoms with Gasteiger partial charge in [-0.15, -0.1) is 0 Å². The van der Waals surface area contributed by atoms with E-state index in [-0.39, 0.29) is 5.56 Å². The van der Waals surface area contributed by atoms with Crippen LogP contribution in [0.15, 0.2) is 12.1 Å². The number of phenolic OH excluding ortho intramolecular Hbond substituents is 1. The fourth-order valence-corrected chi connectivity index (χ4v) is 1.14. The monoisotopic (exact) mass is 243 g/mol. The molecule has 7 heteroatoms. The maximum atomic E-state index is 12.1. The number of methoxy groups -OCH3 is 1. The third-order valence-electron chi connectivity index (χ3n) is 1.83. The molecule has 0 bridgehead atoms. The van der Waals surface area contributed by atoms with E-state index < -0.39 is 29.6 Å². The van der Waals surface area contributed by atoms with Crippen LogP contribution >= 0.6 is 0 Å². The third-order valence-corrected chi connectivity index (χ3v) is 1.83. The summed E-state index contributed by atoms with van der Waals surface area (Å²) in [5.74, 6) is -2.06. The number of esters is 1. The summed E-state index contributed by atoms with van der Waals surface area (Å²) in [6, 6.07) is 3.33. The highest BCUT2D eigenvalue weighted by atomic mass is 19.3. The molecule has 0 aromatic heterocycles. The molecule has 0 aliphatic rings. The molecule has 17 heavy (non-hydrogen) atoms. The van der Waals surface area contributed by atoms with Crippen LogP contribution in [0.5, 0.6) is 11.5 Å². The van der Waals surface area contributed by atoms with Gasteiger partial charge in [0.05, 0.1) is 12.7 Å². The van der Waals surface area contributed by atoms with Crippen LogP contribution in [0, 0.1) is 11.3 Å². The summed E-state index contributed by atoms with van der Waals surface area (Å²) in [7, 11) is 1.09. The number of aromatic hydroxyl groups is 1. The van der Waals surface area contributed by atoms with E-state index in [0.29, 0.717) is 0 Å². The Morgan fingerprint density at radius 2 is 2.18 bits per heavy atom. The number of phenols is 1. The number of alkyl halides is 2. The molecule has 0 heterocycles. The molecule has 5 nitrogen and oxygen atoms in total. The molecule has 0 unspecified atom stereocenters. The van der Waals surface area contributed by atoms with E-state index in [2.05, 4.69) is 9.47 Å². The highest BCUT2D eigenvalue weighted by Gasteiger charge is 2.18. The predicted molar refractivity (Wildman–Crippen MR) is 50.8 cm³/mol. The number of hydrogen-bond donors (Lipinski definition) is 1. The largest absolute Gasteiger partial charge is 0.506 e. The molecule has 1 N–H and O–H groups in total. The van der Waals surface area contributed by atoms with E-state index in [4.69, 9.17) is 5.26 Å². The molecule has 0 atom stereocenters. The van der Waals surface area contributed by atoms with Crippen LogP contribution in [-0.2, 0) is 4.74 Å². The number of halogens is 2. The average molecular weight is 243 g/mol. The predicted octanol–water partition coefficient (Wildman–Crippen LogP) is 1.65. The summed E-state index contributed by atoms with van der Waals surface area (Å²) in [5.41, 5.74) is -0.669. The number of nitriles is 1. The van der Waals surface area contributed by atoms with Gasteiger partial charge in [-0.05, 0) is 12.1 Å². The van der Waals surface area contributed by atoms with Gasteiger partial charge in [0.1, 0.15) is 23.1 Å². The molecule has 0 fully saturated rings. The highest BCUT2D eigenvalue weighted by Crippen LogP contribution is 2.30. The summed E-state index contributed by atoms with van der Waals surface area (Å²) in [6.07, 6.45) is 0. The van der Waals surface area contributed by atoms with E-state index >= 15 is 0 Å². The van der Waals surface area contributed by atoms with Crippen molar-refractivity contribution in [2.24, 2.45) is 0 Å². The minimum absolute atomic E-state index is 0.195. The Balaban J connectivity index is 3.29. The molecule has 90 valence electrons. The number of nitrogens with zero attached hydrogens (tertiary/aromatic N) is 1. The number of ether oxygens (including phenoxy) is 2. The van der Waals surface area contributed by atoms with Crippen molar-refractivity contribution in [2.75, 3.05) is 7.11 Å². The van der Waals surface area contributed by atoms with Gasteiger partial charge < -0.3 is 14.6 Å². The van der Waals surface area contributed by atoms with E-state index in [0.717, 1.165) is 19.2 Å². The normalized spacial score (nSPS) is 9.82. The van der Waals surface area contributed by atoms with Crippen molar-refractivity contribution in [3.63, 3.8) is 0 Å². The summed E-state index contributed by atoms with van der Waals surface area (Å²) >= 11 is 0. The lowest BCUT2D eigenvalue weighted by Crippen LogP contribution is -2.07. The zero-order chi connectivity index (χ0) is 13.0. The van der Waals surface area contributed by atoms with Crippen molar-refractivity contribution in [2.45, 2.75) is 6.61 Å². The number of carbonyl (C=O) groups excluding carboxylic acids is 1. The fourth-order valence-electron chi connectivity index (χ4n) is 1.14. The lowest BCUT2D eigenvalue weighted by Gasteiger charge is -2.09. The zero-order valence-electron chi connectivity index (χ0n) is 8.61. The molecule has 1 rings (SSSR count). The maximum Gasteiger partial charge on any atom is 0.387 e. The maximum absolute atomic E-state index is 12.1. The molecule has 0 aliphatic heterocycles. The van der Waals surface area contributed by atoms with Crippen LogP contribution in [-0.4, -0.2) is 24.8 Å². The minimum atomic E-state index is -3.17. The quantitative estimate of drug-likeness (QED) is 0.816. The van der Waals surface area contributed by atoms with Gasteiger partial charge in [-0.25, -0.2) is 4.79 Å². The van der Waals surface area contributed by atoms with Crippen LogP contribution in [0.3, 0.4) is 0 Å². The second-order valence-corrected chi connectivity index (χ2v) is 2.85. The van der Waals surface area contributed by atoms with Gasteiger partial charge in [0, 0.05) is 0 Å². The first-order valence-electron chi connectivity index (χ1n) is 4.29. The molecular formula is C10H7F2NO4. The summed E-state index contributed by atoms with van der Waals surface area (Å²) in [5, 5.41) is 18.0. The molecule has 0 radical (unpaired) electrons. The molecule has 1 aromatic rings. The van der Waals surface area contributed by atoms with Gasteiger partial charge in [0.2, 0.25) is 0 Å². The fraction of sp³-hybridized carbons (Fsp3) is 0.200. The number of benzene rings is 1. The Hall–Kier alpha value is -2.36. The Kier molecular flexibility index (Phi) is 3.82. The number of carbonyl (C=O) groups is 1. The van der Waals surface area contributed by atoms with E-state index in [1.165, 1.54) is 6.07 Å². The van der Waals surface area contributed by atoms with Crippen molar-refractivity contribution >= 4 is 5.97 Å². The SMILES string of the molecule is COC(=O)c1cc(O)c(C#N)c(OC(F)F)c1. The van der Waals surface area contributed by atoms with Gasteiger partial charge in [-0.2, -0.15) is 14.0 Å².